The van der Waals surface area contributed by atoms with Crippen molar-refractivity contribution in [2.24, 2.45) is 0 Å². The number of aryl methyl sites for hydroxylation is 1. The number of nitrogens with one attached hydrogen (secondary N) is 1. The maximum Gasteiger partial charge on any atom is 0.227 e. The maximum absolute atomic E-state index is 13.0. The van der Waals surface area contributed by atoms with Crippen molar-refractivity contribution >= 4 is 5.91 Å². The van der Waals surface area contributed by atoms with Gasteiger partial charge < -0.3 is 9.84 Å². The first-order valence-electron chi connectivity index (χ1n) is 10.3. The van der Waals surface area contributed by atoms with Gasteiger partial charge in [0.15, 0.2) is 0 Å². The van der Waals surface area contributed by atoms with Gasteiger partial charge in [-0.15, -0.1) is 0 Å². The first kappa shape index (κ1) is 20.2. The van der Waals surface area contributed by atoms with Crippen LogP contribution in [0.5, 0.6) is 0 Å². The van der Waals surface area contributed by atoms with Gasteiger partial charge in [0.2, 0.25) is 17.6 Å². The van der Waals surface area contributed by atoms with Crippen LogP contribution < -0.4 is 5.32 Å². The second kappa shape index (κ2) is 9.63. The molecule has 1 amide bonds. The average Bonchev–Trinajstić information content (AvgIpc) is 3.46. The van der Waals surface area contributed by atoms with Crippen molar-refractivity contribution in [3.63, 3.8) is 0 Å². The lowest BCUT2D eigenvalue weighted by Gasteiger charge is -2.28. The van der Waals surface area contributed by atoms with Gasteiger partial charge in [0.1, 0.15) is 5.82 Å². The molecule has 1 aromatic heterocycles. The second-order valence-corrected chi connectivity index (χ2v) is 7.49. The third kappa shape index (κ3) is 5.10. The minimum Gasteiger partial charge on any atom is -0.354 e. The van der Waals surface area contributed by atoms with Crippen LogP contribution in [0.4, 0.5) is 4.39 Å². The molecule has 2 heterocycles. The summed E-state index contributed by atoms with van der Waals surface area (Å²) in [6.07, 6.45) is 3.03. The highest BCUT2D eigenvalue weighted by molar-refractivity contribution is 5.76. The van der Waals surface area contributed by atoms with E-state index in [1.54, 1.807) is 12.1 Å². The number of benzene rings is 2. The number of hydrogen-bond acceptors (Lipinski definition) is 5. The van der Waals surface area contributed by atoms with Gasteiger partial charge in [0, 0.05) is 24.9 Å². The summed E-state index contributed by atoms with van der Waals surface area (Å²) in [6.45, 7) is 2.70. The third-order valence-electron chi connectivity index (χ3n) is 5.39. The zero-order valence-electron chi connectivity index (χ0n) is 16.8. The molecule has 156 valence electrons. The number of nitrogens with zero attached hydrogens (tertiary/aromatic N) is 3. The summed E-state index contributed by atoms with van der Waals surface area (Å²) in [7, 11) is 0. The van der Waals surface area contributed by atoms with Crippen molar-refractivity contribution in [2.45, 2.75) is 31.7 Å². The van der Waals surface area contributed by atoms with Crippen LogP contribution in [-0.2, 0) is 11.2 Å². The lowest BCUT2D eigenvalue weighted by molar-refractivity contribution is -0.121. The van der Waals surface area contributed by atoms with E-state index in [1.807, 2.05) is 18.2 Å². The summed E-state index contributed by atoms with van der Waals surface area (Å²) in [6, 6.07) is 16.4. The van der Waals surface area contributed by atoms with Crippen LogP contribution in [0.2, 0.25) is 0 Å². The summed E-state index contributed by atoms with van der Waals surface area (Å²) < 4.78 is 18.3. The van der Waals surface area contributed by atoms with Crippen molar-refractivity contribution in [1.82, 2.24) is 20.4 Å². The lowest BCUT2D eigenvalue weighted by Crippen LogP contribution is -2.36. The Morgan fingerprint density at radius 3 is 2.57 bits per heavy atom. The van der Waals surface area contributed by atoms with Gasteiger partial charge in [-0.25, -0.2) is 4.39 Å². The molecule has 3 aromatic rings. The number of likely N-dealkylation sites (tertiary alicyclic amines) is 1. The van der Waals surface area contributed by atoms with Crippen molar-refractivity contribution in [3.8, 4) is 11.4 Å². The van der Waals surface area contributed by atoms with Crippen molar-refractivity contribution in [3.05, 3.63) is 71.9 Å². The first-order valence-corrected chi connectivity index (χ1v) is 10.3. The van der Waals surface area contributed by atoms with Crippen molar-refractivity contribution in [2.75, 3.05) is 19.6 Å². The van der Waals surface area contributed by atoms with Crippen LogP contribution in [0.15, 0.2) is 59.1 Å². The first-order chi connectivity index (χ1) is 14.7. The topological polar surface area (TPSA) is 71.3 Å². The van der Waals surface area contributed by atoms with Gasteiger partial charge in [-0.2, -0.15) is 4.98 Å². The molecule has 1 atom stereocenters. The van der Waals surface area contributed by atoms with Gasteiger partial charge in [-0.1, -0.05) is 35.5 Å². The molecule has 0 spiro atoms. The highest BCUT2D eigenvalue weighted by atomic mass is 19.1. The summed E-state index contributed by atoms with van der Waals surface area (Å²) in [4.78, 5) is 19.2. The molecule has 0 bridgehead atoms. The fraction of sp³-hybridized carbons (Fsp3) is 0.348. The predicted octanol–water partition coefficient (Wildman–Crippen LogP) is 3.76. The van der Waals surface area contributed by atoms with Gasteiger partial charge >= 0.3 is 0 Å². The number of carbonyl (C=O) groups excluding carboxylic acids is 1. The van der Waals surface area contributed by atoms with Crippen LogP contribution in [0, 0.1) is 5.82 Å². The van der Waals surface area contributed by atoms with Gasteiger partial charge in [-0.3, -0.25) is 9.69 Å². The van der Waals surface area contributed by atoms with E-state index in [-0.39, 0.29) is 24.2 Å². The smallest absolute Gasteiger partial charge is 0.227 e. The standard InChI is InChI=1S/C23H25FN4O2/c24-19-10-8-18(9-11-19)23-26-22(30-27-23)13-12-21(29)25-16-20(28-14-4-5-15-28)17-6-2-1-3-7-17/h1-3,6-11,20H,4-5,12-16H2,(H,25,29). The van der Waals surface area contributed by atoms with E-state index in [1.165, 1.54) is 30.5 Å². The van der Waals surface area contributed by atoms with E-state index in [0.29, 0.717) is 30.2 Å². The van der Waals surface area contributed by atoms with E-state index < -0.39 is 0 Å². The largest absolute Gasteiger partial charge is 0.354 e. The number of carbonyl (C=O) groups is 1. The minimum absolute atomic E-state index is 0.0448. The molecule has 1 aliphatic rings. The number of amides is 1. The van der Waals surface area contributed by atoms with Gasteiger partial charge in [0.05, 0.1) is 6.04 Å². The molecule has 30 heavy (non-hydrogen) atoms. The van der Waals surface area contributed by atoms with Crippen molar-refractivity contribution < 1.29 is 13.7 Å². The zero-order valence-corrected chi connectivity index (χ0v) is 16.8. The third-order valence-corrected chi connectivity index (χ3v) is 5.39. The summed E-state index contributed by atoms with van der Waals surface area (Å²) in [5.74, 6) is 0.422. The Bertz CT molecular complexity index is 953. The molecule has 1 aliphatic heterocycles. The Morgan fingerprint density at radius 2 is 1.83 bits per heavy atom. The molecular formula is C23H25FN4O2. The molecule has 4 rings (SSSR count). The number of rotatable bonds is 8. The quantitative estimate of drug-likeness (QED) is 0.615. The highest BCUT2D eigenvalue weighted by Gasteiger charge is 2.23. The van der Waals surface area contributed by atoms with Crippen molar-refractivity contribution in [1.29, 1.82) is 0 Å². The normalized spacial score (nSPS) is 15.2. The predicted molar refractivity (Wildman–Crippen MR) is 111 cm³/mol. The molecule has 6 nitrogen and oxygen atoms in total. The summed E-state index contributed by atoms with van der Waals surface area (Å²) >= 11 is 0. The molecule has 0 saturated carbocycles. The Balaban J connectivity index is 1.30. The molecule has 1 saturated heterocycles. The fourth-order valence-corrected chi connectivity index (χ4v) is 3.78. The fourth-order valence-electron chi connectivity index (χ4n) is 3.78. The molecule has 1 N–H and O–H groups in total. The number of hydrogen-bond donors (Lipinski definition) is 1. The van der Waals surface area contributed by atoms with Gasteiger partial charge in [0.25, 0.3) is 0 Å². The van der Waals surface area contributed by atoms with E-state index in [0.717, 1.165) is 13.1 Å². The van der Waals surface area contributed by atoms with E-state index in [2.05, 4.69) is 32.5 Å². The van der Waals surface area contributed by atoms with Crippen LogP contribution >= 0.6 is 0 Å². The van der Waals surface area contributed by atoms with Crippen LogP contribution in [0.25, 0.3) is 11.4 Å². The Hall–Kier alpha value is -3.06. The number of halogens is 1. The molecule has 0 aliphatic carbocycles. The van der Waals surface area contributed by atoms with Crippen LogP contribution in [-0.4, -0.2) is 40.6 Å². The highest BCUT2D eigenvalue weighted by Crippen LogP contribution is 2.24. The maximum atomic E-state index is 13.0. The Morgan fingerprint density at radius 1 is 1.10 bits per heavy atom. The van der Waals surface area contributed by atoms with E-state index >= 15 is 0 Å². The average molecular weight is 408 g/mol. The summed E-state index contributed by atoms with van der Waals surface area (Å²) in [5.41, 5.74) is 1.90. The van der Waals surface area contributed by atoms with Crippen LogP contribution in [0.3, 0.4) is 0 Å². The molecule has 2 aromatic carbocycles. The Kier molecular flexibility index (Phi) is 6.49. The second-order valence-electron chi connectivity index (χ2n) is 7.49. The molecule has 1 unspecified atom stereocenters. The van der Waals surface area contributed by atoms with Gasteiger partial charge in [-0.05, 0) is 55.8 Å². The monoisotopic (exact) mass is 408 g/mol. The molecule has 7 heteroatoms. The Labute approximate surface area is 175 Å². The lowest BCUT2D eigenvalue weighted by atomic mass is 10.1. The minimum atomic E-state index is -0.318. The molecule has 0 radical (unpaired) electrons. The zero-order chi connectivity index (χ0) is 20.8. The van der Waals surface area contributed by atoms with E-state index in [4.69, 9.17) is 4.52 Å². The number of aromatic nitrogens is 2. The SMILES string of the molecule is O=C(CCc1nc(-c2ccc(F)cc2)no1)NCC(c1ccccc1)N1CCCC1. The molecular weight excluding hydrogens is 383 g/mol. The van der Waals surface area contributed by atoms with Crippen LogP contribution in [0.1, 0.15) is 36.8 Å². The molecule has 1 fully saturated rings. The van der Waals surface area contributed by atoms with E-state index in [9.17, 15) is 9.18 Å². The summed E-state index contributed by atoms with van der Waals surface area (Å²) in [5, 5.41) is 6.97.